The maximum atomic E-state index is 12.4. The quantitative estimate of drug-likeness (QED) is 0.900. The molecule has 6 heteroatoms. The summed E-state index contributed by atoms with van der Waals surface area (Å²) in [6.07, 6.45) is -0.0497. The number of pyridine rings is 1. The first-order valence-electron chi connectivity index (χ1n) is 6.42. The molecule has 0 radical (unpaired) electrons. The van der Waals surface area contributed by atoms with Gasteiger partial charge in [-0.1, -0.05) is 13.3 Å². The van der Waals surface area contributed by atoms with Crippen molar-refractivity contribution in [3.05, 3.63) is 23.9 Å². The van der Waals surface area contributed by atoms with Crippen molar-refractivity contribution < 1.29 is 13.2 Å². The molecule has 1 aromatic heterocycles. The number of aromatic nitrogens is 1. The second-order valence-corrected chi connectivity index (χ2v) is 6.12. The van der Waals surface area contributed by atoms with E-state index in [1.807, 2.05) is 11.8 Å². The molecule has 2 atom stereocenters. The average molecular weight is 290 g/mol. The molecule has 1 N–H and O–H groups in total. The highest BCUT2D eigenvalue weighted by Gasteiger charge is 2.31. The van der Waals surface area contributed by atoms with Crippen LogP contribution in [-0.2, 0) is 6.18 Å². The lowest BCUT2D eigenvalue weighted by Gasteiger charge is -2.20. The minimum Gasteiger partial charge on any atom is -0.366 e. The third-order valence-corrected chi connectivity index (χ3v) is 4.58. The number of hydrogen-bond acceptors (Lipinski definition) is 3. The first-order valence-corrected chi connectivity index (χ1v) is 7.47. The van der Waals surface area contributed by atoms with Crippen LogP contribution in [0, 0.1) is 0 Å². The molecule has 106 valence electrons. The van der Waals surface area contributed by atoms with Gasteiger partial charge in [0.05, 0.1) is 5.56 Å². The van der Waals surface area contributed by atoms with Crippen molar-refractivity contribution in [1.82, 2.24) is 4.98 Å². The summed E-state index contributed by atoms with van der Waals surface area (Å²) < 4.78 is 37.3. The largest absolute Gasteiger partial charge is 0.417 e. The Morgan fingerprint density at radius 3 is 2.74 bits per heavy atom. The van der Waals surface area contributed by atoms with E-state index in [9.17, 15) is 13.2 Å². The van der Waals surface area contributed by atoms with Crippen LogP contribution in [0.5, 0.6) is 0 Å². The van der Waals surface area contributed by atoms with E-state index in [2.05, 4.69) is 17.2 Å². The van der Waals surface area contributed by atoms with Crippen LogP contribution in [0.1, 0.15) is 31.7 Å². The zero-order chi connectivity index (χ0) is 13.9. The van der Waals surface area contributed by atoms with E-state index in [1.165, 1.54) is 6.07 Å². The summed E-state index contributed by atoms with van der Waals surface area (Å²) in [7, 11) is 0. The molecule has 2 unspecified atom stereocenters. The first-order chi connectivity index (χ1) is 9.00. The Morgan fingerprint density at radius 2 is 2.16 bits per heavy atom. The Balaban J connectivity index is 1.99. The molecule has 19 heavy (non-hydrogen) atoms. The minimum atomic E-state index is -4.32. The maximum absolute atomic E-state index is 12.4. The molecule has 0 saturated heterocycles. The van der Waals surface area contributed by atoms with Gasteiger partial charge in [0.15, 0.2) is 0 Å². The highest BCUT2D eigenvalue weighted by molar-refractivity contribution is 7.99. The zero-order valence-electron chi connectivity index (χ0n) is 10.7. The smallest absolute Gasteiger partial charge is 0.366 e. The van der Waals surface area contributed by atoms with Gasteiger partial charge in [-0.3, -0.25) is 0 Å². The lowest BCUT2D eigenvalue weighted by molar-refractivity contribution is -0.137. The number of nitrogens with zero attached hydrogens (tertiary/aromatic N) is 1. The van der Waals surface area contributed by atoms with E-state index >= 15 is 0 Å². The molecule has 0 aliphatic heterocycles. The molecule has 0 aromatic carbocycles. The Morgan fingerprint density at radius 1 is 1.37 bits per heavy atom. The van der Waals surface area contributed by atoms with Crippen LogP contribution in [0.2, 0.25) is 0 Å². The molecule has 1 heterocycles. The lowest BCUT2D eigenvalue weighted by atomic mass is 10.2. The van der Waals surface area contributed by atoms with Crippen molar-refractivity contribution >= 4 is 17.6 Å². The number of alkyl halides is 3. The summed E-state index contributed by atoms with van der Waals surface area (Å²) in [5, 5.41) is 3.79. The number of thioether (sulfide) groups is 1. The molecule has 2 nitrogen and oxygen atoms in total. The summed E-state index contributed by atoms with van der Waals surface area (Å²) in [6.45, 7) is 2.12. The van der Waals surface area contributed by atoms with Crippen LogP contribution in [-0.4, -0.2) is 22.0 Å². The van der Waals surface area contributed by atoms with Gasteiger partial charge in [-0.05, 0) is 30.7 Å². The molecule has 0 spiro atoms. The standard InChI is InChI=1S/C13H17F3N2S/c1-2-19-11-5-3-4-10(11)18-12-7-6-9(8-17-12)13(14,15)16/h6-8,10-11H,2-5H2,1H3,(H,17,18). The van der Waals surface area contributed by atoms with Gasteiger partial charge in [-0.2, -0.15) is 24.9 Å². The summed E-state index contributed by atoms with van der Waals surface area (Å²) in [5.74, 6) is 1.59. The highest BCUT2D eigenvalue weighted by Crippen LogP contribution is 2.32. The van der Waals surface area contributed by atoms with E-state index in [0.717, 1.165) is 37.3 Å². The number of anilines is 1. The Hall–Kier alpha value is -0.910. The molecule has 0 amide bonds. The molecule has 0 bridgehead atoms. The van der Waals surface area contributed by atoms with E-state index in [1.54, 1.807) is 0 Å². The number of halogens is 3. The SMILES string of the molecule is CCSC1CCCC1Nc1ccc(C(F)(F)F)cn1. The third kappa shape index (κ3) is 3.78. The van der Waals surface area contributed by atoms with Gasteiger partial charge in [-0.15, -0.1) is 0 Å². The summed E-state index contributed by atoms with van der Waals surface area (Å²) in [4.78, 5) is 3.86. The van der Waals surface area contributed by atoms with Crippen molar-refractivity contribution in [1.29, 1.82) is 0 Å². The summed E-state index contributed by atoms with van der Waals surface area (Å²) >= 11 is 1.90. The molecule has 1 aromatic rings. The van der Waals surface area contributed by atoms with Crippen LogP contribution in [0.3, 0.4) is 0 Å². The predicted octanol–water partition coefficient (Wildman–Crippen LogP) is 4.19. The predicted molar refractivity (Wildman–Crippen MR) is 72.4 cm³/mol. The average Bonchev–Trinajstić information content (AvgIpc) is 2.77. The third-order valence-electron chi connectivity index (χ3n) is 3.26. The molecule has 1 aliphatic rings. The number of nitrogens with one attached hydrogen (secondary N) is 1. The van der Waals surface area contributed by atoms with Gasteiger partial charge in [-0.25, -0.2) is 4.98 Å². The fourth-order valence-corrected chi connectivity index (χ4v) is 3.54. The normalized spacial score (nSPS) is 23.6. The Kier molecular flexibility index (Phi) is 4.60. The molecule has 1 aliphatic carbocycles. The number of hydrogen-bond donors (Lipinski definition) is 1. The lowest BCUT2D eigenvalue weighted by Crippen LogP contribution is -2.26. The topological polar surface area (TPSA) is 24.9 Å². The van der Waals surface area contributed by atoms with E-state index in [-0.39, 0.29) is 0 Å². The summed E-state index contributed by atoms with van der Waals surface area (Å²) in [6, 6.07) is 2.80. The molecule has 2 rings (SSSR count). The van der Waals surface area contributed by atoms with E-state index in [0.29, 0.717) is 17.1 Å². The van der Waals surface area contributed by atoms with Gasteiger partial charge in [0, 0.05) is 17.5 Å². The van der Waals surface area contributed by atoms with Crippen molar-refractivity contribution in [2.75, 3.05) is 11.1 Å². The van der Waals surface area contributed by atoms with Gasteiger partial charge in [0.2, 0.25) is 0 Å². The molecular formula is C13H17F3N2S. The molecular weight excluding hydrogens is 273 g/mol. The van der Waals surface area contributed by atoms with Crippen molar-refractivity contribution in [3.8, 4) is 0 Å². The number of rotatable bonds is 4. The van der Waals surface area contributed by atoms with Crippen molar-refractivity contribution in [2.45, 2.75) is 43.7 Å². The zero-order valence-corrected chi connectivity index (χ0v) is 11.5. The second kappa shape index (κ2) is 6.03. The fourth-order valence-electron chi connectivity index (χ4n) is 2.34. The van der Waals surface area contributed by atoms with Crippen molar-refractivity contribution in [3.63, 3.8) is 0 Å². The summed E-state index contributed by atoms with van der Waals surface area (Å²) in [5.41, 5.74) is -0.705. The van der Waals surface area contributed by atoms with Gasteiger partial charge >= 0.3 is 6.18 Å². The van der Waals surface area contributed by atoms with Crippen LogP contribution in [0.25, 0.3) is 0 Å². The van der Waals surface area contributed by atoms with E-state index < -0.39 is 11.7 Å². The van der Waals surface area contributed by atoms with Crippen LogP contribution in [0.4, 0.5) is 19.0 Å². The van der Waals surface area contributed by atoms with E-state index in [4.69, 9.17) is 0 Å². The van der Waals surface area contributed by atoms with Crippen LogP contribution >= 0.6 is 11.8 Å². The highest BCUT2D eigenvalue weighted by atomic mass is 32.2. The van der Waals surface area contributed by atoms with Crippen LogP contribution < -0.4 is 5.32 Å². The van der Waals surface area contributed by atoms with Crippen LogP contribution in [0.15, 0.2) is 18.3 Å². The fraction of sp³-hybridized carbons (Fsp3) is 0.615. The minimum absolute atomic E-state index is 0.314. The molecule has 1 saturated carbocycles. The Labute approximate surface area is 115 Å². The maximum Gasteiger partial charge on any atom is 0.417 e. The van der Waals surface area contributed by atoms with Gasteiger partial charge in [0.25, 0.3) is 0 Å². The Bertz CT molecular complexity index is 405. The van der Waals surface area contributed by atoms with Gasteiger partial charge in [0.1, 0.15) is 5.82 Å². The van der Waals surface area contributed by atoms with Gasteiger partial charge < -0.3 is 5.32 Å². The first kappa shape index (κ1) is 14.5. The van der Waals surface area contributed by atoms with Crippen molar-refractivity contribution in [2.24, 2.45) is 0 Å². The monoisotopic (exact) mass is 290 g/mol. The molecule has 1 fully saturated rings. The second-order valence-electron chi connectivity index (χ2n) is 4.61.